The van der Waals surface area contributed by atoms with Crippen LogP contribution in [0.2, 0.25) is 0 Å². The zero-order valence-electron chi connectivity index (χ0n) is 13.3. The molecule has 2 rings (SSSR count). The Balaban J connectivity index is 1.95. The molecule has 1 aliphatic heterocycles. The molecule has 1 fully saturated rings. The van der Waals surface area contributed by atoms with Crippen molar-refractivity contribution in [2.24, 2.45) is 17.6 Å². The number of hydrogen-bond donors (Lipinski definition) is 1. The van der Waals surface area contributed by atoms with E-state index in [1.807, 2.05) is 0 Å². The average Bonchev–Trinajstić information content (AvgIpc) is 2.47. The van der Waals surface area contributed by atoms with Crippen molar-refractivity contribution in [3.05, 3.63) is 29.6 Å². The topological polar surface area (TPSA) is 38.5 Å². The number of piperidine rings is 1. The minimum absolute atomic E-state index is 0.275. The summed E-state index contributed by atoms with van der Waals surface area (Å²) in [6, 6.07) is 4.54. The summed E-state index contributed by atoms with van der Waals surface area (Å²) < 4.78 is 19.2. The number of halogens is 1. The predicted molar refractivity (Wildman–Crippen MR) is 83.9 cm³/mol. The van der Waals surface area contributed by atoms with E-state index in [-0.39, 0.29) is 11.9 Å². The van der Waals surface area contributed by atoms with Gasteiger partial charge in [0.2, 0.25) is 0 Å². The Morgan fingerprint density at radius 3 is 2.81 bits per heavy atom. The Bertz CT molecular complexity index is 466. The van der Waals surface area contributed by atoms with E-state index in [4.69, 9.17) is 10.5 Å². The van der Waals surface area contributed by atoms with E-state index in [1.165, 1.54) is 12.5 Å². The average molecular weight is 294 g/mol. The molecule has 0 saturated carbocycles. The third-order valence-corrected chi connectivity index (χ3v) is 4.78. The van der Waals surface area contributed by atoms with Gasteiger partial charge in [0.1, 0.15) is 11.6 Å². The van der Waals surface area contributed by atoms with E-state index in [2.05, 4.69) is 18.7 Å². The molecule has 4 heteroatoms. The number of nitrogens with zero attached hydrogens (tertiary/aromatic N) is 1. The summed E-state index contributed by atoms with van der Waals surface area (Å²) in [5.41, 5.74) is 6.70. The Kier molecular flexibility index (Phi) is 5.59. The zero-order valence-corrected chi connectivity index (χ0v) is 13.3. The van der Waals surface area contributed by atoms with Crippen molar-refractivity contribution < 1.29 is 9.13 Å². The first-order valence-corrected chi connectivity index (χ1v) is 7.83. The van der Waals surface area contributed by atoms with Crippen molar-refractivity contribution in [1.29, 1.82) is 0 Å². The Morgan fingerprint density at radius 2 is 2.14 bits per heavy atom. The summed E-state index contributed by atoms with van der Waals surface area (Å²) in [6.07, 6.45) is 1.98. The maximum absolute atomic E-state index is 14.0. The van der Waals surface area contributed by atoms with Gasteiger partial charge in [-0.2, -0.15) is 0 Å². The van der Waals surface area contributed by atoms with Gasteiger partial charge in [-0.3, -0.25) is 0 Å². The molecule has 118 valence electrons. The molecule has 1 aromatic rings. The van der Waals surface area contributed by atoms with Crippen molar-refractivity contribution >= 4 is 0 Å². The second kappa shape index (κ2) is 7.23. The highest BCUT2D eigenvalue weighted by Crippen LogP contribution is 2.29. The number of rotatable bonds is 5. The fourth-order valence-corrected chi connectivity index (χ4v) is 3.07. The molecule has 3 unspecified atom stereocenters. The van der Waals surface area contributed by atoms with Crippen LogP contribution in [0.4, 0.5) is 4.39 Å². The maximum atomic E-state index is 14.0. The Labute approximate surface area is 127 Å². The van der Waals surface area contributed by atoms with E-state index < -0.39 is 0 Å². The standard InChI is InChI=1S/C17H27FN2O/c1-12-7-9-20(11-13(12)2)10-8-15(19)17-14(18)5-4-6-16(17)21-3/h4-6,12-13,15H,7-11,19H2,1-3H3. The second-order valence-corrected chi connectivity index (χ2v) is 6.29. The van der Waals surface area contributed by atoms with Crippen molar-refractivity contribution in [3.8, 4) is 5.75 Å². The fraction of sp³-hybridized carbons (Fsp3) is 0.647. The lowest BCUT2D eigenvalue weighted by atomic mass is 9.88. The molecule has 0 amide bonds. The molecular weight excluding hydrogens is 267 g/mol. The minimum Gasteiger partial charge on any atom is -0.496 e. The normalized spacial score (nSPS) is 24.8. The molecule has 3 atom stereocenters. The summed E-state index contributed by atoms with van der Waals surface area (Å²) in [7, 11) is 1.55. The van der Waals surface area contributed by atoms with Gasteiger partial charge in [0.05, 0.1) is 7.11 Å². The van der Waals surface area contributed by atoms with Crippen LogP contribution in [0.25, 0.3) is 0 Å². The first-order chi connectivity index (χ1) is 10.0. The molecule has 0 bridgehead atoms. The van der Waals surface area contributed by atoms with Gasteiger partial charge in [-0.1, -0.05) is 19.9 Å². The van der Waals surface area contributed by atoms with Gasteiger partial charge in [0.25, 0.3) is 0 Å². The second-order valence-electron chi connectivity index (χ2n) is 6.29. The predicted octanol–water partition coefficient (Wildman–Crippen LogP) is 3.20. The van der Waals surface area contributed by atoms with Gasteiger partial charge in [-0.05, 0) is 49.9 Å². The van der Waals surface area contributed by atoms with E-state index in [0.29, 0.717) is 11.3 Å². The lowest BCUT2D eigenvalue weighted by Crippen LogP contribution is -2.39. The summed E-state index contributed by atoms with van der Waals surface area (Å²) >= 11 is 0. The van der Waals surface area contributed by atoms with Crippen LogP contribution in [0.1, 0.15) is 38.3 Å². The van der Waals surface area contributed by atoms with Crippen molar-refractivity contribution in [1.82, 2.24) is 4.90 Å². The van der Waals surface area contributed by atoms with Crippen molar-refractivity contribution in [2.75, 3.05) is 26.7 Å². The van der Waals surface area contributed by atoms with Crippen molar-refractivity contribution in [3.63, 3.8) is 0 Å². The third-order valence-electron chi connectivity index (χ3n) is 4.78. The van der Waals surface area contributed by atoms with Crippen LogP contribution in [0.15, 0.2) is 18.2 Å². The largest absolute Gasteiger partial charge is 0.496 e. The number of nitrogens with two attached hydrogens (primary N) is 1. The Hall–Kier alpha value is -1.13. The molecular formula is C17H27FN2O. The van der Waals surface area contributed by atoms with Gasteiger partial charge < -0.3 is 15.4 Å². The van der Waals surface area contributed by atoms with E-state index in [0.717, 1.165) is 37.9 Å². The molecule has 1 heterocycles. The van der Waals surface area contributed by atoms with E-state index in [9.17, 15) is 4.39 Å². The highest BCUT2D eigenvalue weighted by molar-refractivity contribution is 5.37. The highest BCUT2D eigenvalue weighted by atomic mass is 19.1. The SMILES string of the molecule is COc1cccc(F)c1C(N)CCN1CCC(C)C(C)C1. The summed E-state index contributed by atoms with van der Waals surface area (Å²) in [6.45, 7) is 7.76. The van der Waals surface area contributed by atoms with Gasteiger partial charge in [0.15, 0.2) is 0 Å². The van der Waals surface area contributed by atoms with Crippen molar-refractivity contribution in [2.45, 2.75) is 32.7 Å². The lowest BCUT2D eigenvalue weighted by molar-refractivity contribution is 0.135. The molecule has 3 nitrogen and oxygen atoms in total. The van der Waals surface area contributed by atoms with E-state index in [1.54, 1.807) is 19.2 Å². The molecule has 0 radical (unpaired) electrons. The zero-order chi connectivity index (χ0) is 15.4. The third kappa shape index (κ3) is 3.95. The molecule has 1 saturated heterocycles. The maximum Gasteiger partial charge on any atom is 0.131 e. The number of likely N-dealkylation sites (tertiary alicyclic amines) is 1. The number of benzene rings is 1. The van der Waals surface area contributed by atoms with Crippen LogP contribution >= 0.6 is 0 Å². The van der Waals surface area contributed by atoms with Crippen LogP contribution in [0, 0.1) is 17.7 Å². The van der Waals surface area contributed by atoms with E-state index >= 15 is 0 Å². The summed E-state index contributed by atoms with van der Waals surface area (Å²) in [5.74, 6) is 1.78. The van der Waals surface area contributed by atoms with Crippen LogP contribution in [0.3, 0.4) is 0 Å². The smallest absolute Gasteiger partial charge is 0.131 e. The Morgan fingerprint density at radius 1 is 1.38 bits per heavy atom. The molecule has 1 aromatic carbocycles. The summed E-state index contributed by atoms with van der Waals surface area (Å²) in [4.78, 5) is 2.44. The first-order valence-electron chi connectivity index (χ1n) is 7.83. The first kappa shape index (κ1) is 16.2. The summed E-state index contributed by atoms with van der Waals surface area (Å²) in [5, 5.41) is 0. The number of hydrogen-bond acceptors (Lipinski definition) is 3. The van der Waals surface area contributed by atoms with Gasteiger partial charge >= 0.3 is 0 Å². The molecule has 21 heavy (non-hydrogen) atoms. The molecule has 0 aromatic heterocycles. The molecule has 1 aliphatic rings. The van der Waals surface area contributed by atoms with Gasteiger partial charge in [-0.15, -0.1) is 0 Å². The number of ether oxygens (including phenoxy) is 1. The number of methoxy groups -OCH3 is 1. The van der Waals surface area contributed by atoms with Crippen LogP contribution in [-0.2, 0) is 0 Å². The molecule has 0 aliphatic carbocycles. The van der Waals surface area contributed by atoms with Crippen LogP contribution in [0.5, 0.6) is 5.75 Å². The minimum atomic E-state index is -0.323. The van der Waals surface area contributed by atoms with Crippen LogP contribution in [-0.4, -0.2) is 31.6 Å². The fourth-order valence-electron chi connectivity index (χ4n) is 3.07. The van der Waals surface area contributed by atoms with Crippen LogP contribution < -0.4 is 10.5 Å². The highest BCUT2D eigenvalue weighted by Gasteiger charge is 2.24. The quantitative estimate of drug-likeness (QED) is 0.906. The van der Waals surface area contributed by atoms with Gasteiger partial charge in [-0.25, -0.2) is 4.39 Å². The monoisotopic (exact) mass is 294 g/mol. The molecule has 0 spiro atoms. The lowest BCUT2D eigenvalue weighted by Gasteiger charge is -2.35. The molecule has 2 N–H and O–H groups in total. The van der Waals surface area contributed by atoms with Gasteiger partial charge in [0, 0.05) is 18.2 Å².